The van der Waals surface area contributed by atoms with Crippen LogP contribution < -0.4 is 9.13 Å². The van der Waals surface area contributed by atoms with Crippen molar-refractivity contribution in [3.05, 3.63) is 103 Å². The highest BCUT2D eigenvalue weighted by molar-refractivity contribution is 5.95. The van der Waals surface area contributed by atoms with Gasteiger partial charge < -0.3 is 4.74 Å². The van der Waals surface area contributed by atoms with Crippen LogP contribution in [0.2, 0.25) is 0 Å². The number of esters is 1. The van der Waals surface area contributed by atoms with Crippen molar-refractivity contribution >= 4 is 22.4 Å². The Bertz CT molecular complexity index is 1500. The molecule has 4 aromatic rings. The predicted molar refractivity (Wildman–Crippen MR) is 132 cm³/mol. The number of aromatic nitrogens is 2. The van der Waals surface area contributed by atoms with Crippen LogP contribution >= 0.6 is 0 Å². The summed E-state index contributed by atoms with van der Waals surface area (Å²) in [4.78, 5) is 12.7. The Balaban J connectivity index is 1.75. The molecule has 0 saturated carbocycles. The minimum absolute atomic E-state index is 0.177. The van der Waals surface area contributed by atoms with Crippen LogP contribution in [0.3, 0.4) is 0 Å². The molecule has 2 unspecified atom stereocenters. The lowest BCUT2D eigenvalue weighted by Gasteiger charge is -2.52. The molecule has 0 bridgehead atoms. The van der Waals surface area contributed by atoms with Crippen molar-refractivity contribution in [1.29, 1.82) is 0 Å². The van der Waals surface area contributed by atoms with E-state index in [9.17, 15) is 4.79 Å². The molecule has 4 nitrogen and oxygen atoms in total. The van der Waals surface area contributed by atoms with Crippen LogP contribution in [0.15, 0.2) is 91.3 Å². The lowest BCUT2D eigenvalue weighted by molar-refractivity contribution is -0.779. The van der Waals surface area contributed by atoms with Gasteiger partial charge in [0, 0.05) is 30.7 Å². The van der Waals surface area contributed by atoms with Crippen LogP contribution in [0.1, 0.15) is 42.7 Å². The van der Waals surface area contributed by atoms with Crippen molar-refractivity contribution in [1.82, 2.24) is 0 Å². The van der Waals surface area contributed by atoms with Crippen LogP contribution in [0.5, 0.6) is 0 Å². The summed E-state index contributed by atoms with van der Waals surface area (Å²) in [6, 6.07) is 25.4. The molecule has 168 valence electrons. The van der Waals surface area contributed by atoms with E-state index in [1.54, 1.807) is 0 Å². The second-order valence-corrected chi connectivity index (χ2v) is 9.18. The lowest BCUT2D eigenvalue weighted by atomic mass is 9.50. The topological polar surface area (TPSA) is 34.1 Å². The molecule has 0 spiro atoms. The molecule has 34 heavy (non-hydrogen) atoms. The van der Waals surface area contributed by atoms with Gasteiger partial charge in [-0.05, 0) is 35.6 Å². The molecule has 0 radical (unpaired) electrons. The van der Waals surface area contributed by atoms with Gasteiger partial charge in [0.15, 0.2) is 12.4 Å². The number of allylic oxidation sites excluding steroid dienone is 2. The number of carbonyl (C=O) groups excluding carboxylic acids is 1. The second kappa shape index (κ2) is 7.36. The number of hydrogen-bond donors (Lipinski definition) is 0. The molecule has 0 saturated heterocycles. The number of methoxy groups -OCH3 is 1. The van der Waals surface area contributed by atoms with Crippen LogP contribution in [-0.2, 0) is 15.7 Å². The van der Waals surface area contributed by atoms with Crippen molar-refractivity contribution in [2.45, 2.75) is 37.6 Å². The summed E-state index contributed by atoms with van der Waals surface area (Å²) < 4.78 is 9.65. The minimum atomic E-state index is -0.343. The molecular formula is C30H28N2O2+2. The first-order valence-electron chi connectivity index (χ1n) is 12.0. The van der Waals surface area contributed by atoms with Crippen LogP contribution in [-0.4, -0.2) is 13.1 Å². The fourth-order valence-electron chi connectivity index (χ4n) is 6.60. The molecule has 3 heterocycles. The summed E-state index contributed by atoms with van der Waals surface area (Å²) in [5, 5.41) is 2.47. The van der Waals surface area contributed by atoms with Crippen molar-refractivity contribution in [3.63, 3.8) is 0 Å². The van der Waals surface area contributed by atoms with Crippen LogP contribution in [0.4, 0.5) is 0 Å². The van der Waals surface area contributed by atoms with E-state index in [0.717, 1.165) is 18.5 Å². The Kier molecular flexibility index (Phi) is 4.50. The van der Waals surface area contributed by atoms with E-state index < -0.39 is 0 Å². The summed E-state index contributed by atoms with van der Waals surface area (Å²) in [5.41, 5.74) is 5.02. The third kappa shape index (κ3) is 2.35. The quantitative estimate of drug-likeness (QED) is 0.318. The van der Waals surface area contributed by atoms with E-state index >= 15 is 0 Å². The number of carbonyl (C=O) groups is 1. The molecule has 2 aliphatic rings. The maximum atomic E-state index is 12.7. The molecule has 0 fully saturated rings. The van der Waals surface area contributed by atoms with Crippen LogP contribution in [0.25, 0.3) is 27.7 Å². The van der Waals surface area contributed by atoms with E-state index in [1.165, 1.54) is 34.7 Å². The van der Waals surface area contributed by atoms with Gasteiger partial charge in [-0.3, -0.25) is 0 Å². The van der Waals surface area contributed by atoms with Crippen LogP contribution in [0, 0.1) is 0 Å². The van der Waals surface area contributed by atoms with E-state index in [2.05, 4.69) is 85.3 Å². The molecule has 1 aliphatic heterocycles. The van der Waals surface area contributed by atoms with Gasteiger partial charge in [0.1, 0.15) is 0 Å². The summed E-state index contributed by atoms with van der Waals surface area (Å²) in [6.07, 6.45) is 8.46. The monoisotopic (exact) mass is 448 g/mol. The maximum absolute atomic E-state index is 12.7. The van der Waals surface area contributed by atoms with Crippen molar-refractivity contribution < 1.29 is 18.7 Å². The van der Waals surface area contributed by atoms with E-state index in [-0.39, 0.29) is 16.9 Å². The zero-order chi connectivity index (χ0) is 23.5. The Morgan fingerprint density at radius 2 is 1.65 bits per heavy atom. The number of ether oxygens (including phenoxy) is 1. The molecule has 6 rings (SSSR count). The van der Waals surface area contributed by atoms with E-state index in [1.807, 2.05) is 29.0 Å². The maximum Gasteiger partial charge on any atom is 0.403 e. The predicted octanol–water partition coefficient (Wildman–Crippen LogP) is 5.19. The van der Waals surface area contributed by atoms with E-state index in [0.29, 0.717) is 5.69 Å². The van der Waals surface area contributed by atoms with Gasteiger partial charge in [-0.1, -0.05) is 50.2 Å². The molecule has 1 aliphatic carbocycles. The fraction of sp³-hybridized carbons (Fsp3) is 0.233. The molecule has 4 heteroatoms. The SMILES string of the molecule is CCC12C=C([n+]3ccccc3C(=O)OC)C1(CC)[n+]1ccc3ccccc3c1-c1ccccc12. The van der Waals surface area contributed by atoms with Gasteiger partial charge in [-0.15, -0.1) is 0 Å². The second-order valence-electron chi connectivity index (χ2n) is 9.18. The molecular weight excluding hydrogens is 420 g/mol. The summed E-state index contributed by atoms with van der Waals surface area (Å²) >= 11 is 0. The van der Waals surface area contributed by atoms with Gasteiger partial charge >= 0.3 is 5.97 Å². The van der Waals surface area contributed by atoms with Gasteiger partial charge in [-0.25, -0.2) is 4.79 Å². The molecule has 2 atom stereocenters. The summed E-state index contributed by atoms with van der Waals surface area (Å²) in [5.74, 6) is -0.332. The largest absolute Gasteiger partial charge is 0.461 e. The fourth-order valence-corrected chi connectivity index (χ4v) is 6.60. The molecule has 0 amide bonds. The zero-order valence-electron chi connectivity index (χ0n) is 19.8. The Hall–Kier alpha value is -3.79. The third-order valence-corrected chi connectivity index (χ3v) is 8.06. The number of rotatable bonds is 4. The minimum Gasteiger partial charge on any atom is -0.461 e. The zero-order valence-corrected chi connectivity index (χ0v) is 19.8. The highest BCUT2D eigenvalue weighted by atomic mass is 16.5. The number of hydrogen-bond acceptors (Lipinski definition) is 2. The summed E-state index contributed by atoms with van der Waals surface area (Å²) in [6.45, 7) is 4.54. The number of fused-ring (bicyclic) bond motifs is 8. The average Bonchev–Trinajstić information content (AvgIpc) is 2.89. The Labute approximate surface area is 199 Å². The first-order valence-corrected chi connectivity index (χ1v) is 12.0. The third-order valence-electron chi connectivity index (χ3n) is 8.06. The first-order chi connectivity index (χ1) is 16.6. The van der Waals surface area contributed by atoms with Crippen molar-refractivity contribution in [3.8, 4) is 11.3 Å². The highest BCUT2D eigenvalue weighted by Crippen LogP contribution is 2.61. The number of nitrogens with zero attached hydrogens (tertiary/aromatic N) is 2. The highest BCUT2D eigenvalue weighted by Gasteiger charge is 2.74. The van der Waals surface area contributed by atoms with Gasteiger partial charge in [0.05, 0.1) is 23.5 Å². The Morgan fingerprint density at radius 3 is 2.44 bits per heavy atom. The molecule has 2 aromatic carbocycles. The number of benzene rings is 2. The number of pyridine rings is 2. The van der Waals surface area contributed by atoms with Crippen molar-refractivity contribution in [2.75, 3.05) is 7.11 Å². The lowest BCUT2D eigenvalue weighted by Crippen LogP contribution is -2.78. The Morgan fingerprint density at radius 1 is 0.882 bits per heavy atom. The average molecular weight is 449 g/mol. The normalized spacial score (nSPS) is 22.1. The first kappa shape index (κ1) is 20.8. The van der Waals surface area contributed by atoms with E-state index in [4.69, 9.17) is 4.74 Å². The molecule has 0 N–H and O–H groups in total. The van der Waals surface area contributed by atoms with Gasteiger partial charge in [0.25, 0.3) is 16.9 Å². The van der Waals surface area contributed by atoms with Gasteiger partial charge in [-0.2, -0.15) is 9.13 Å². The smallest absolute Gasteiger partial charge is 0.403 e. The summed E-state index contributed by atoms with van der Waals surface area (Å²) in [7, 11) is 1.44. The van der Waals surface area contributed by atoms with Gasteiger partial charge in [0.2, 0.25) is 5.69 Å². The van der Waals surface area contributed by atoms with Crippen molar-refractivity contribution in [2.24, 2.45) is 0 Å². The molecule has 2 aromatic heterocycles. The standard InChI is InChI=1S/C30H28N2O2/c1-4-29-20-26(31-18-11-10-16-25(31)28(33)34-3)30(29,5-2)32-19-17-21-12-6-7-13-22(21)27(32)23-14-8-9-15-24(23)29/h6-20H,4-5H2,1-3H3/q+2.